The van der Waals surface area contributed by atoms with Gasteiger partial charge in [-0.3, -0.25) is 4.79 Å². The minimum absolute atomic E-state index is 0.225. The van der Waals surface area contributed by atoms with Crippen molar-refractivity contribution in [2.24, 2.45) is 0 Å². The molecule has 7 heteroatoms. The monoisotopic (exact) mass is 434 g/mol. The molecule has 1 aliphatic rings. The maximum Gasteiger partial charge on any atom is 0.309 e. The number of anilines is 2. The summed E-state index contributed by atoms with van der Waals surface area (Å²) in [6.45, 7) is 2.45. The van der Waals surface area contributed by atoms with Gasteiger partial charge in [0.1, 0.15) is 11.6 Å². The summed E-state index contributed by atoms with van der Waals surface area (Å²) in [5, 5.41) is 4.56. The fraction of sp³-hybridized carbons (Fsp3) is 0.400. The number of ether oxygens (including phenoxy) is 2. The number of nitrogens with zero attached hydrogens (tertiary/aromatic N) is 2. The van der Waals surface area contributed by atoms with Crippen molar-refractivity contribution in [3.8, 4) is 16.9 Å². The molecule has 32 heavy (non-hydrogen) atoms. The summed E-state index contributed by atoms with van der Waals surface area (Å²) in [6.07, 6.45) is 6.30. The highest BCUT2D eigenvalue weighted by Crippen LogP contribution is 2.31. The molecule has 1 saturated carbocycles. The predicted molar refractivity (Wildman–Crippen MR) is 127 cm³/mol. The van der Waals surface area contributed by atoms with E-state index in [9.17, 15) is 4.79 Å². The van der Waals surface area contributed by atoms with Crippen LogP contribution in [0.2, 0.25) is 0 Å². The molecule has 0 atom stereocenters. The van der Waals surface area contributed by atoms with E-state index in [0.29, 0.717) is 18.4 Å². The molecule has 0 aliphatic heterocycles. The number of carbonyl (C=O) groups excluding carboxylic acids is 1. The second-order valence-electron chi connectivity index (χ2n) is 8.07. The molecule has 1 fully saturated rings. The molecular formula is C25H30N4O3. The summed E-state index contributed by atoms with van der Waals surface area (Å²) in [4.78, 5) is 20.4. The number of nitrogen functional groups attached to an aromatic ring is 1. The van der Waals surface area contributed by atoms with E-state index in [2.05, 4.69) is 21.4 Å². The highest BCUT2D eigenvalue weighted by molar-refractivity contribution is 5.93. The number of aromatic nitrogens is 2. The van der Waals surface area contributed by atoms with Crippen molar-refractivity contribution in [1.82, 2.24) is 9.97 Å². The SMILES string of the molecule is CCOC(=O)CCOc1cccc(-c2ccc3nc(N)nc(NC4CCCCC4)c3c2)c1. The van der Waals surface area contributed by atoms with Gasteiger partial charge in [0, 0.05) is 11.4 Å². The van der Waals surface area contributed by atoms with Gasteiger partial charge in [0.25, 0.3) is 0 Å². The van der Waals surface area contributed by atoms with Crippen LogP contribution in [0.5, 0.6) is 5.75 Å². The number of hydrogen-bond acceptors (Lipinski definition) is 7. The Morgan fingerprint density at radius 1 is 1.09 bits per heavy atom. The van der Waals surface area contributed by atoms with E-state index in [4.69, 9.17) is 15.2 Å². The molecule has 1 aliphatic carbocycles. The highest BCUT2D eigenvalue weighted by Gasteiger charge is 2.16. The Bertz CT molecular complexity index is 1080. The van der Waals surface area contributed by atoms with E-state index in [0.717, 1.165) is 40.7 Å². The number of benzene rings is 2. The van der Waals surface area contributed by atoms with Crippen molar-refractivity contribution in [2.45, 2.75) is 51.5 Å². The Kier molecular flexibility index (Phi) is 7.04. The zero-order valence-electron chi connectivity index (χ0n) is 18.5. The van der Waals surface area contributed by atoms with Crippen molar-refractivity contribution in [3.05, 3.63) is 42.5 Å². The molecule has 3 aromatic rings. The Labute approximate surface area is 188 Å². The molecule has 7 nitrogen and oxygen atoms in total. The van der Waals surface area contributed by atoms with Crippen molar-refractivity contribution >= 4 is 28.6 Å². The number of hydrogen-bond donors (Lipinski definition) is 2. The summed E-state index contributed by atoms with van der Waals surface area (Å²) < 4.78 is 10.7. The smallest absolute Gasteiger partial charge is 0.309 e. The number of esters is 1. The minimum atomic E-state index is -0.254. The molecule has 0 saturated heterocycles. The quantitative estimate of drug-likeness (QED) is 0.484. The average Bonchev–Trinajstić information content (AvgIpc) is 2.80. The van der Waals surface area contributed by atoms with Gasteiger partial charge in [-0.05, 0) is 55.2 Å². The van der Waals surface area contributed by atoms with Gasteiger partial charge in [-0.1, -0.05) is 37.5 Å². The van der Waals surface area contributed by atoms with Crippen LogP contribution < -0.4 is 15.8 Å². The van der Waals surface area contributed by atoms with Crippen molar-refractivity contribution < 1.29 is 14.3 Å². The zero-order valence-corrected chi connectivity index (χ0v) is 18.5. The van der Waals surface area contributed by atoms with Crippen molar-refractivity contribution in [2.75, 3.05) is 24.3 Å². The van der Waals surface area contributed by atoms with Crippen LogP contribution in [0.3, 0.4) is 0 Å². The lowest BCUT2D eigenvalue weighted by Gasteiger charge is -2.24. The summed E-state index contributed by atoms with van der Waals surface area (Å²) in [5.41, 5.74) is 8.84. The molecule has 2 aromatic carbocycles. The van der Waals surface area contributed by atoms with Gasteiger partial charge < -0.3 is 20.5 Å². The average molecular weight is 435 g/mol. The second kappa shape index (κ2) is 10.3. The molecule has 0 bridgehead atoms. The summed E-state index contributed by atoms with van der Waals surface area (Å²) >= 11 is 0. The van der Waals surface area contributed by atoms with Crippen molar-refractivity contribution in [3.63, 3.8) is 0 Å². The number of nitrogens with two attached hydrogens (primary N) is 1. The maximum absolute atomic E-state index is 11.5. The van der Waals surface area contributed by atoms with Crippen LogP contribution >= 0.6 is 0 Å². The molecule has 0 unspecified atom stereocenters. The second-order valence-corrected chi connectivity index (χ2v) is 8.07. The standard InChI is InChI=1S/C25H30N4O3/c1-2-31-23(30)13-14-32-20-10-6-7-17(15-20)18-11-12-22-21(16-18)24(29-25(26)28-22)27-19-8-4-3-5-9-19/h6-7,10-12,15-16,19H,2-5,8-9,13-14H2,1H3,(H3,26,27,28,29). The first-order valence-corrected chi connectivity index (χ1v) is 11.3. The first-order valence-electron chi connectivity index (χ1n) is 11.3. The molecule has 4 rings (SSSR count). The third kappa shape index (κ3) is 5.46. The third-order valence-electron chi connectivity index (χ3n) is 5.71. The predicted octanol–water partition coefficient (Wildman–Crippen LogP) is 4.96. The van der Waals surface area contributed by atoms with E-state index < -0.39 is 0 Å². The van der Waals surface area contributed by atoms with Crippen LogP contribution in [0.1, 0.15) is 45.4 Å². The molecular weight excluding hydrogens is 404 g/mol. The van der Waals surface area contributed by atoms with Crippen LogP contribution in [-0.2, 0) is 9.53 Å². The Hall–Kier alpha value is -3.35. The van der Waals surface area contributed by atoms with Gasteiger partial charge in [-0.2, -0.15) is 4.98 Å². The van der Waals surface area contributed by atoms with E-state index in [1.807, 2.05) is 36.4 Å². The van der Waals surface area contributed by atoms with E-state index >= 15 is 0 Å². The first-order chi connectivity index (χ1) is 15.6. The largest absolute Gasteiger partial charge is 0.493 e. The van der Waals surface area contributed by atoms with Gasteiger partial charge in [0.05, 0.1) is 25.2 Å². The fourth-order valence-corrected chi connectivity index (χ4v) is 4.13. The fourth-order valence-electron chi connectivity index (χ4n) is 4.13. The zero-order chi connectivity index (χ0) is 22.3. The number of nitrogens with one attached hydrogen (secondary N) is 1. The topological polar surface area (TPSA) is 99.4 Å². The lowest BCUT2D eigenvalue weighted by atomic mass is 9.95. The lowest BCUT2D eigenvalue weighted by molar-refractivity contribution is -0.143. The molecule has 0 radical (unpaired) electrons. The Balaban J connectivity index is 1.56. The van der Waals surface area contributed by atoms with Gasteiger partial charge in [0.15, 0.2) is 0 Å². The van der Waals surface area contributed by atoms with Gasteiger partial charge in [-0.15, -0.1) is 0 Å². The van der Waals surface area contributed by atoms with Gasteiger partial charge in [0.2, 0.25) is 5.95 Å². The normalized spacial score (nSPS) is 14.3. The Morgan fingerprint density at radius 3 is 2.72 bits per heavy atom. The number of rotatable bonds is 8. The first kappa shape index (κ1) is 21.9. The van der Waals surface area contributed by atoms with Crippen LogP contribution in [0.25, 0.3) is 22.0 Å². The van der Waals surface area contributed by atoms with E-state index in [1.54, 1.807) is 6.92 Å². The molecule has 1 heterocycles. The molecule has 0 amide bonds. The molecule has 1 aromatic heterocycles. The highest BCUT2D eigenvalue weighted by atomic mass is 16.5. The Morgan fingerprint density at radius 2 is 1.91 bits per heavy atom. The number of fused-ring (bicyclic) bond motifs is 1. The maximum atomic E-state index is 11.5. The van der Waals surface area contributed by atoms with Crippen LogP contribution in [0.4, 0.5) is 11.8 Å². The third-order valence-corrected chi connectivity index (χ3v) is 5.71. The van der Waals surface area contributed by atoms with Gasteiger partial charge >= 0.3 is 5.97 Å². The summed E-state index contributed by atoms with van der Waals surface area (Å²) in [7, 11) is 0. The van der Waals surface area contributed by atoms with Crippen LogP contribution in [0, 0.1) is 0 Å². The van der Waals surface area contributed by atoms with Crippen LogP contribution in [0.15, 0.2) is 42.5 Å². The van der Waals surface area contributed by atoms with E-state index in [1.165, 1.54) is 19.3 Å². The molecule has 0 spiro atoms. The summed E-state index contributed by atoms with van der Waals surface area (Å²) in [6, 6.07) is 14.3. The molecule has 168 valence electrons. The van der Waals surface area contributed by atoms with Crippen molar-refractivity contribution in [1.29, 1.82) is 0 Å². The van der Waals surface area contributed by atoms with Crippen LogP contribution in [-0.4, -0.2) is 35.2 Å². The number of carbonyl (C=O) groups is 1. The van der Waals surface area contributed by atoms with Gasteiger partial charge in [-0.25, -0.2) is 4.98 Å². The lowest BCUT2D eigenvalue weighted by Crippen LogP contribution is -2.23. The molecule has 3 N–H and O–H groups in total. The van der Waals surface area contributed by atoms with E-state index in [-0.39, 0.29) is 24.9 Å². The minimum Gasteiger partial charge on any atom is -0.493 e. The summed E-state index contributed by atoms with van der Waals surface area (Å²) in [5.74, 6) is 1.53.